The molecule has 0 aromatic carbocycles. The van der Waals surface area contributed by atoms with Crippen molar-refractivity contribution in [2.75, 3.05) is 13.1 Å². The molecule has 1 aliphatic heterocycles. The first kappa shape index (κ1) is 13.8. The Bertz CT molecular complexity index is 537. The van der Waals surface area contributed by atoms with Gasteiger partial charge in [0.15, 0.2) is 0 Å². The first-order valence-electron chi connectivity index (χ1n) is 7.18. The molecular weight excluding hydrogens is 270 g/mol. The zero-order chi connectivity index (χ0) is 13.9. The normalized spacial score (nSPS) is 24.1. The maximum Gasteiger partial charge on any atom is 0.236 e. The summed E-state index contributed by atoms with van der Waals surface area (Å²) in [7, 11) is 0. The van der Waals surface area contributed by atoms with Gasteiger partial charge in [0, 0.05) is 19.1 Å². The second-order valence-corrected chi connectivity index (χ2v) is 6.56. The zero-order valence-electron chi connectivity index (χ0n) is 11.8. The molecule has 1 aliphatic rings. The average molecular weight is 291 g/mol. The number of piperidine rings is 1. The summed E-state index contributed by atoms with van der Waals surface area (Å²) in [6, 6.07) is 4.52. The Morgan fingerprint density at radius 1 is 1.55 bits per heavy atom. The summed E-state index contributed by atoms with van der Waals surface area (Å²) in [5.74, 6) is 1.50. The maximum atomic E-state index is 5.91. The summed E-state index contributed by atoms with van der Waals surface area (Å²) in [5, 5.41) is 2.04. The fourth-order valence-electron chi connectivity index (χ4n) is 2.85. The van der Waals surface area contributed by atoms with Crippen LogP contribution in [0.25, 0.3) is 10.8 Å². The van der Waals surface area contributed by atoms with Crippen LogP contribution in [0.2, 0.25) is 0 Å². The minimum absolute atomic E-state index is 0.473. The van der Waals surface area contributed by atoms with E-state index in [1.807, 2.05) is 17.5 Å². The number of thiophene rings is 1. The number of nitrogens with zero attached hydrogens (tertiary/aromatic N) is 2. The highest BCUT2D eigenvalue weighted by Gasteiger charge is 2.26. The van der Waals surface area contributed by atoms with Crippen LogP contribution in [-0.4, -0.2) is 29.0 Å². The van der Waals surface area contributed by atoms with Gasteiger partial charge in [0.1, 0.15) is 6.26 Å². The third kappa shape index (κ3) is 2.95. The van der Waals surface area contributed by atoms with E-state index in [1.54, 1.807) is 17.6 Å². The lowest BCUT2D eigenvalue weighted by atomic mass is 9.92. The second-order valence-electron chi connectivity index (χ2n) is 5.61. The zero-order valence-corrected chi connectivity index (χ0v) is 12.6. The molecule has 2 aromatic heterocycles. The molecule has 0 bridgehead atoms. The van der Waals surface area contributed by atoms with Crippen molar-refractivity contribution in [1.82, 2.24) is 9.88 Å². The Morgan fingerprint density at radius 3 is 3.20 bits per heavy atom. The second kappa shape index (κ2) is 6.08. The van der Waals surface area contributed by atoms with E-state index in [4.69, 9.17) is 10.2 Å². The van der Waals surface area contributed by atoms with Crippen LogP contribution in [0.3, 0.4) is 0 Å². The van der Waals surface area contributed by atoms with Crippen molar-refractivity contribution in [1.29, 1.82) is 0 Å². The van der Waals surface area contributed by atoms with Crippen LogP contribution in [0.1, 0.15) is 25.5 Å². The van der Waals surface area contributed by atoms with Crippen molar-refractivity contribution < 1.29 is 4.42 Å². The third-order valence-electron chi connectivity index (χ3n) is 4.02. The lowest BCUT2D eigenvalue weighted by Crippen LogP contribution is -2.45. The molecule has 2 unspecified atom stereocenters. The largest absolute Gasteiger partial charge is 0.444 e. The van der Waals surface area contributed by atoms with Gasteiger partial charge >= 0.3 is 0 Å². The van der Waals surface area contributed by atoms with Gasteiger partial charge in [0.2, 0.25) is 5.89 Å². The van der Waals surface area contributed by atoms with Crippen molar-refractivity contribution in [2.45, 2.75) is 32.4 Å². The van der Waals surface area contributed by atoms with Gasteiger partial charge in [-0.15, -0.1) is 11.3 Å². The Morgan fingerprint density at radius 2 is 2.45 bits per heavy atom. The van der Waals surface area contributed by atoms with Crippen molar-refractivity contribution >= 4 is 11.3 Å². The van der Waals surface area contributed by atoms with Gasteiger partial charge in [-0.05, 0) is 36.8 Å². The maximum absolute atomic E-state index is 5.91. The average Bonchev–Trinajstić information content (AvgIpc) is 3.11. The molecule has 2 atom stereocenters. The Balaban J connectivity index is 1.68. The summed E-state index contributed by atoms with van der Waals surface area (Å²) in [5.41, 5.74) is 6.91. The van der Waals surface area contributed by atoms with E-state index in [1.165, 1.54) is 12.8 Å². The number of likely N-dealkylation sites (tertiary alicyclic amines) is 1. The molecule has 3 rings (SSSR count). The summed E-state index contributed by atoms with van der Waals surface area (Å²) in [4.78, 5) is 8.12. The molecule has 20 heavy (non-hydrogen) atoms. The highest BCUT2D eigenvalue weighted by Crippen LogP contribution is 2.26. The van der Waals surface area contributed by atoms with Gasteiger partial charge in [0.25, 0.3) is 0 Å². The van der Waals surface area contributed by atoms with Crippen LogP contribution >= 0.6 is 11.3 Å². The van der Waals surface area contributed by atoms with Gasteiger partial charge < -0.3 is 10.2 Å². The number of hydrogen-bond acceptors (Lipinski definition) is 5. The van der Waals surface area contributed by atoms with Crippen LogP contribution in [0, 0.1) is 5.92 Å². The smallest absolute Gasteiger partial charge is 0.236 e. The summed E-state index contributed by atoms with van der Waals surface area (Å²) >= 11 is 1.65. The monoisotopic (exact) mass is 291 g/mol. The molecule has 0 spiro atoms. The van der Waals surface area contributed by atoms with E-state index in [2.05, 4.69) is 16.8 Å². The van der Waals surface area contributed by atoms with Crippen LogP contribution in [0.4, 0.5) is 0 Å². The fraction of sp³-hybridized carbons (Fsp3) is 0.533. The third-order valence-corrected chi connectivity index (χ3v) is 4.88. The molecule has 0 saturated carbocycles. The van der Waals surface area contributed by atoms with Gasteiger partial charge in [0.05, 0.1) is 10.6 Å². The molecule has 4 nitrogen and oxygen atoms in total. The van der Waals surface area contributed by atoms with Crippen LogP contribution in [0.5, 0.6) is 0 Å². The number of hydrogen-bond donors (Lipinski definition) is 1. The molecular formula is C15H21N3OS. The number of aromatic nitrogens is 1. The Kier molecular flexibility index (Phi) is 4.19. The summed E-state index contributed by atoms with van der Waals surface area (Å²) < 4.78 is 5.58. The van der Waals surface area contributed by atoms with Gasteiger partial charge in [-0.3, -0.25) is 4.90 Å². The van der Waals surface area contributed by atoms with Crippen molar-refractivity contribution in [3.05, 3.63) is 29.5 Å². The SMILES string of the molecule is CC1CCN(Cc2coc(-c3cccs3)n2)C(CN)C1. The predicted octanol–water partition coefficient (Wildman–Crippen LogP) is 2.96. The fourth-order valence-corrected chi connectivity index (χ4v) is 3.51. The Labute approximate surface area is 123 Å². The lowest BCUT2D eigenvalue weighted by Gasteiger charge is -2.37. The van der Waals surface area contributed by atoms with E-state index in [0.717, 1.165) is 42.0 Å². The quantitative estimate of drug-likeness (QED) is 0.941. The number of rotatable bonds is 4. The van der Waals surface area contributed by atoms with Gasteiger partial charge in [-0.25, -0.2) is 4.98 Å². The molecule has 0 amide bonds. The summed E-state index contributed by atoms with van der Waals surface area (Å²) in [6.07, 6.45) is 4.21. The van der Waals surface area contributed by atoms with E-state index < -0.39 is 0 Å². The molecule has 1 fully saturated rings. The van der Waals surface area contributed by atoms with Crippen molar-refractivity contribution in [2.24, 2.45) is 11.7 Å². The number of oxazole rings is 1. The van der Waals surface area contributed by atoms with Crippen LogP contribution < -0.4 is 5.73 Å². The van der Waals surface area contributed by atoms with Crippen LogP contribution in [-0.2, 0) is 6.54 Å². The molecule has 0 radical (unpaired) electrons. The van der Waals surface area contributed by atoms with E-state index in [-0.39, 0.29) is 0 Å². The minimum atomic E-state index is 0.473. The van der Waals surface area contributed by atoms with E-state index in [9.17, 15) is 0 Å². The minimum Gasteiger partial charge on any atom is -0.444 e. The van der Waals surface area contributed by atoms with Crippen molar-refractivity contribution in [3.8, 4) is 10.8 Å². The molecule has 108 valence electrons. The molecule has 2 N–H and O–H groups in total. The predicted molar refractivity (Wildman–Crippen MR) is 81.5 cm³/mol. The van der Waals surface area contributed by atoms with E-state index >= 15 is 0 Å². The standard InChI is InChI=1S/C15H21N3OS/c1-11-4-5-18(13(7-11)8-16)9-12-10-19-15(17-12)14-3-2-6-20-14/h2-3,6,10-11,13H,4-5,7-9,16H2,1H3. The van der Waals surface area contributed by atoms with Gasteiger partial charge in [-0.2, -0.15) is 0 Å². The summed E-state index contributed by atoms with van der Waals surface area (Å²) in [6.45, 7) is 4.97. The first-order chi connectivity index (χ1) is 9.76. The van der Waals surface area contributed by atoms with E-state index in [0.29, 0.717) is 6.04 Å². The first-order valence-corrected chi connectivity index (χ1v) is 8.06. The topological polar surface area (TPSA) is 55.3 Å². The van der Waals surface area contributed by atoms with Crippen molar-refractivity contribution in [3.63, 3.8) is 0 Å². The number of nitrogens with two attached hydrogens (primary N) is 1. The molecule has 3 heterocycles. The lowest BCUT2D eigenvalue weighted by molar-refractivity contribution is 0.114. The Hall–Kier alpha value is -1.17. The highest BCUT2D eigenvalue weighted by molar-refractivity contribution is 7.13. The molecule has 1 saturated heterocycles. The molecule has 2 aromatic rings. The highest BCUT2D eigenvalue weighted by atomic mass is 32.1. The molecule has 0 aliphatic carbocycles. The van der Waals surface area contributed by atoms with Crippen LogP contribution in [0.15, 0.2) is 28.2 Å². The van der Waals surface area contributed by atoms with Gasteiger partial charge in [-0.1, -0.05) is 13.0 Å². The molecule has 5 heteroatoms.